The highest BCUT2D eigenvalue weighted by molar-refractivity contribution is 6.32. The number of para-hydroxylation sites is 1. The summed E-state index contributed by atoms with van der Waals surface area (Å²) in [4.78, 5) is 27.1. The van der Waals surface area contributed by atoms with Gasteiger partial charge in [0.1, 0.15) is 6.54 Å². The van der Waals surface area contributed by atoms with Crippen molar-refractivity contribution in [3.05, 3.63) is 59.6 Å². The van der Waals surface area contributed by atoms with Gasteiger partial charge in [-0.2, -0.15) is 0 Å². The zero-order chi connectivity index (χ0) is 14.1. The van der Waals surface area contributed by atoms with Crippen molar-refractivity contribution >= 4 is 34.9 Å². The summed E-state index contributed by atoms with van der Waals surface area (Å²) in [7, 11) is 0. The van der Waals surface area contributed by atoms with Crippen LogP contribution in [0.4, 0.5) is 16.2 Å². The summed E-state index contributed by atoms with van der Waals surface area (Å²) >= 11 is 5.91. The van der Waals surface area contributed by atoms with Crippen LogP contribution in [0.5, 0.6) is 0 Å². The van der Waals surface area contributed by atoms with Crippen LogP contribution < -0.4 is 9.80 Å². The van der Waals surface area contributed by atoms with Gasteiger partial charge >= 0.3 is 6.03 Å². The smallest absolute Gasteiger partial charge is 0.284 e. The quantitative estimate of drug-likeness (QED) is 0.795. The predicted molar refractivity (Wildman–Crippen MR) is 78.1 cm³/mol. The van der Waals surface area contributed by atoms with Gasteiger partial charge in [-0.05, 0) is 30.3 Å². The molecule has 0 N–H and O–H groups in total. The van der Waals surface area contributed by atoms with Gasteiger partial charge in [0.25, 0.3) is 5.91 Å². The maximum absolute atomic E-state index is 12.4. The van der Waals surface area contributed by atoms with E-state index in [4.69, 9.17) is 11.6 Å². The molecule has 0 saturated carbocycles. The minimum absolute atomic E-state index is 0.0371. The van der Waals surface area contributed by atoms with E-state index in [1.807, 2.05) is 18.2 Å². The molecule has 1 heterocycles. The van der Waals surface area contributed by atoms with E-state index in [9.17, 15) is 9.59 Å². The SMILES string of the molecule is O=C1CN(c2ccccc2)C(=O)N1c1cccc(Cl)c1. The molecule has 4 nitrogen and oxygen atoms in total. The highest BCUT2D eigenvalue weighted by atomic mass is 35.5. The molecule has 0 bridgehead atoms. The van der Waals surface area contributed by atoms with Crippen LogP contribution in [0.15, 0.2) is 54.6 Å². The normalized spacial score (nSPS) is 15.1. The van der Waals surface area contributed by atoms with E-state index in [1.54, 1.807) is 36.4 Å². The van der Waals surface area contributed by atoms with Crippen LogP contribution in [0.3, 0.4) is 0 Å². The molecule has 0 spiro atoms. The second-order valence-corrected chi connectivity index (χ2v) is 4.85. The molecular weight excluding hydrogens is 276 g/mol. The first-order valence-corrected chi connectivity index (χ1v) is 6.50. The lowest BCUT2D eigenvalue weighted by molar-refractivity contribution is -0.115. The number of hydrogen-bond donors (Lipinski definition) is 0. The van der Waals surface area contributed by atoms with Gasteiger partial charge in [0, 0.05) is 10.7 Å². The molecule has 0 aliphatic carbocycles. The lowest BCUT2D eigenvalue weighted by Gasteiger charge is -2.17. The van der Waals surface area contributed by atoms with Gasteiger partial charge < -0.3 is 0 Å². The van der Waals surface area contributed by atoms with Crippen LogP contribution in [0.1, 0.15) is 0 Å². The van der Waals surface area contributed by atoms with Gasteiger partial charge in [-0.1, -0.05) is 35.9 Å². The Hall–Kier alpha value is -2.33. The van der Waals surface area contributed by atoms with Crippen molar-refractivity contribution in [2.45, 2.75) is 0 Å². The second-order valence-electron chi connectivity index (χ2n) is 4.41. The fourth-order valence-electron chi connectivity index (χ4n) is 2.18. The van der Waals surface area contributed by atoms with Crippen molar-refractivity contribution in [2.75, 3.05) is 16.3 Å². The minimum Gasteiger partial charge on any atom is -0.284 e. The topological polar surface area (TPSA) is 40.6 Å². The van der Waals surface area contributed by atoms with Crippen molar-refractivity contribution < 1.29 is 9.59 Å². The monoisotopic (exact) mass is 286 g/mol. The molecule has 0 aromatic heterocycles. The van der Waals surface area contributed by atoms with E-state index in [1.165, 1.54) is 4.90 Å². The summed E-state index contributed by atoms with van der Waals surface area (Å²) in [6.45, 7) is 0.0371. The molecule has 1 saturated heterocycles. The zero-order valence-corrected chi connectivity index (χ0v) is 11.2. The van der Waals surface area contributed by atoms with Crippen molar-refractivity contribution in [1.82, 2.24) is 0 Å². The van der Waals surface area contributed by atoms with E-state index in [2.05, 4.69) is 0 Å². The van der Waals surface area contributed by atoms with E-state index >= 15 is 0 Å². The highest BCUT2D eigenvalue weighted by Gasteiger charge is 2.37. The Morgan fingerprint density at radius 3 is 2.30 bits per heavy atom. The molecule has 1 aliphatic heterocycles. The lowest BCUT2D eigenvalue weighted by atomic mass is 10.3. The Balaban J connectivity index is 1.95. The first-order chi connectivity index (χ1) is 9.66. The second kappa shape index (κ2) is 4.98. The van der Waals surface area contributed by atoms with Crippen LogP contribution in [0.25, 0.3) is 0 Å². The van der Waals surface area contributed by atoms with Crippen molar-refractivity contribution in [1.29, 1.82) is 0 Å². The predicted octanol–water partition coefficient (Wildman–Crippen LogP) is 3.31. The number of hydrogen-bond acceptors (Lipinski definition) is 2. The number of anilines is 2. The molecule has 0 atom stereocenters. The fourth-order valence-corrected chi connectivity index (χ4v) is 2.36. The Morgan fingerprint density at radius 2 is 1.60 bits per heavy atom. The minimum atomic E-state index is -0.358. The largest absolute Gasteiger partial charge is 0.336 e. The van der Waals surface area contributed by atoms with Gasteiger partial charge in [-0.15, -0.1) is 0 Å². The highest BCUT2D eigenvalue weighted by Crippen LogP contribution is 2.27. The van der Waals surface area contributed by atoms with Gasteiger partial charge in [-0.25, -0.2) is 9.69 Å². The number of carbonyl (C=O) groups excluding carboxylic acids is 2. The van der Waals surface area contributed by atoms with Crippen molar-refractivity contribution in [2.24, 2.45) is 0 Å². The molecule has 0 radical (unpaired) electrons. The molecule has 1 fully saturated rings. The average molecular weight is 287 g/mol. The molecule has 2 aromatic rings. The maximum atomic E-state index is 12.4. The van der Waals surface area contributed by atoms with Crippen LogP contribution >= 0.6 is 11.6 Å². The number of nitrogens with zero attached hydrogens (tertiary/aromatic N) is 2. The number of imide groups is 1. The maximum Gasteiger partial charge on any atom is 0.336 e. The standard InChI is InChI=1S/C15H11ClN2O2/c16-11-5-4-8-13(9-11)18-14(19)10-17(15(18)20)12-6-2-1-3-7-12/h1-9H,10H2. The van der Waals surface area contributed by atoms with Gasteiger partial charge in [-0.3, -0.25) is 9.69 Å². The third-order valence-electron chi connectivity index (χ3n) is 3.10. The van der Waals surface area contributed by atoms with E-state index in [0.717, 1.165) is 4.90 Å². The Kier molecular flexibility index (Phi) is 3.16. The molecule has 5 heteroatoms. The van der Waals surface area contributed by atoms with Crippen molar-refractivity contribution in [3.63, 3.8) is 0 Å². The zero-order valence-electron chi connectivity index (χ0n) is 10.5. The van der Waals surface area contributed by atoms with E-state index < -0.39 is 0 Å². The van der Waals surface area contributed by atoms with Gasteiger partial charge in [0.15, 0.2) is 0 Å². The van der Waals surface area contributed by atoms with Crippen LogP contribution in [0.2, 0.25) is 5.02 Å². The Labute approximate surface area is 121 Å². The van der Waals surface area contributed by atoms with Crippen LogP contribution in [-0.2, 0) is 4.79 Å². The molecule has 20 heavy (non-hydrogen) atoms. The van der Waals surface area contributed by atoms with Gasteiger partial charge in [0.2, 0.25) is 0 Å². The van der Waals surface area contributed by atoms with Crippen molar-refractivity contribution in [3.8, 4) is 0 Å². The number of halogens is 1. The number of rotatable bonds is 2. The summed E-state index contributed by atoms with van der Waals surface area (Å²) in [5.41, 5.74) is 1.20. The molecule has 3 amide bonds. The fraction of sp³-hybridized carbons (Fsp3) is 0.0667. The first-order valence-electron chi connectivity index (χ1n) is 6.12. The summed E-state index contributed by atoms with van der Waals surface area (Å²) < 4.78 is 0. The molecule has 1 aliphatic rings. The third-order valence-corrected chi connectivity index (χ3v) is 3.33. The number of benzene rings is 2. The van der Waals surface area contributed by atoms with Crippen LogP contribution in [0, 0.1) is 0 Å². The molecule has 100 valence electrons. The summed E-state index contributed by atoms with van der Waals surface area (Å²) in [6, 6.07) is 15.5. The Bertz CT molecular complexity index is 673. The van der Waals surface area contributed by atoms with E-state index in [-0.39, 0.29) is 18.5 Å². The van der Waals surface area contributed by atoms with Gasteiger partial charge in [0.05, 0.1) is 5.69 Å². The first kappa shape index (κ1) is 12.7. The summed E-state index contributed by atoms with van der Waals surface area (Å²) in [5.74, 6) is -0.263. The van der Waals surface area contributed by atoms with Crippen LogP contribution in [-0.4, -0.2) is 18.5 Å². The summed E-state index contributed by atoms with van der Waals surface area (Å²) in [6.07, 6.45) is 0. The van der Waals surface area contributed by atoms with E-state index in [0.29, 0.717) is 16.4 Å². The summed E-state index contributed by atoms with van der Waals surface area (Å²) in [5, 5.41) is 0.487. The molecular formula is C15H11ClN2O2. The molecule has 0 unspecified atom stereocenters. The molecule has 2 aromatic carbocycles. The Morgan fingerprint density at radius 1 is 0.900 bits per heavy atom. The number of amides is 3. The average Bonchev–Trinajstić information content (AvgIpc) is 2.75. The molecule has 3 rings (SSSR count). The lowest BCUT2D eigenvalue weighted by Crippen LogP contribution is -2.32. The number of urea groups is 1. The third kappa shape index (κ3) is 2.14. The number of carbonyl (C=O) groups is 2.